The number of aliphatic hydroxyl groups excluding tert-OH is 1. The standard InChI is InChI=1S/C21H24FN3O3/c22-14-6-5-7-15(12-14)28-18-13-17(19(20(18)26)25-10-3-4-11-25)24-21(27)16-8-1-2-9-23-16/h1-2,5-9,12,17-20,26H,3-4,10-11,13H2,(H,24,27)/t17-,18-,19+,20+/m1/s1. The molecule has 1 amide bonds. The van der Waals surface area contributed by atoms with Crippen LogP contribution in [0.2, 0.25) is 0 Å². The van der Waals surface area contributed by atoms with Crippen molar-refractivity contribution in [2.24, 2.45) is 0 Å². The summed E-state index contributed by atoms with van der Waals surface area (Å²) in [6.07, 6.45) is 2.85. The fourth-order valence-electron chi connectivity index (χ4n) is 4.21. The number of carbonyl (C=O) groups excluding carboxylic acids is 1. The number of aromatic nitrogens is 1. The van der Waals surface area contributed by atoms with Crippen molar-refractivity contribution in [2.75, 3.05) is 13.1 Å². The van der Waals surface area contributed by atoms with Crippen LogP contribution in [0.5, 0.6) is 5.75 Å². The normalized spacial score (nSPS) is 27.6. The third-order valence-corrected chi connectivity index (χ3v) is 5.49. The molecule has 2 aromatic rings. The Hall–Kier alpha value is -2.51. The minimum Gasteiger partial charge on any atom is -0.487 e. The summed E-state index contributed by atoms with van der Waals surface area (Å²) in [7, 11) is 0. The topological polar surface area (TPSA) is 74.7 Å². The third-order valence-electron chi connectivity index (χ3n) is 5.49. The van der Waals surface area contributed by atoms with Crippen molar-refractivity contribution in [3.8, 4) is 5.75 Å². The molecule has 1 saturated carbocycles. The van der Waals surface area contributed by atoms with Gasteiger partial charge in [-0.05, 0) is 50.2 Å². The highest BCUT2D eigenvalue weighted by Crippen LogP contribution is 2.31. The molecule has 0 radical (unpaired) electrons. The number of hydrogen-bond donors (Lipinski definition) is 2. The highest BCUT2D eigenvalue weighted by Gasteiger charge is 2.48. The van der Waals surface area contributed by atoms with E-state index in [-0.39, 0.29) is 23.8 Å². The number of ether oxygens (including phenoxy) is 1. The highest BCUT2D eigenvalue weighted by molar-refractivity contribution is 5.92. The first-order valence-corrected chi connectivity index (χ1v) is 9.68. The Balaban J connectivity index is 1.52. The average Bonchev–Trinajstić information content (AvgIpc) is 3.31. The molecule has 0 unspecified atom stereocenters. The van der Waals surface area contributed by atoms with E-state index in [1.807, 2.05) is 0 Å². The smallest absolute Gasteiger partial charge is 0.270 e. The van der Waals surface area contributed by atoms with E-state index in [4.69, 9.17) is 4.74 Å². The van der Waals surface area contributed by atoms with Gasteiger partial charge in [0.1, 0.15) is 29.5 Å². The van der Waals surface area contributed by atoms with E-state index in [2.05, 4.69) is 15.2 Å². The molecule has 2 fully saturated rings. The summed E-state index contributed by atoms with van der Waals surface area (Å²) in [6.45, 7) is 1.76. The van der Waals surface area contributed by atoms with Crippen LogP contribution >= 0.6 is 0 Å². The van der Waals surface area contributed by atoms with Crippen LogP contribution in [-0.4, -0.2) is 58.3 Å². The number of amides is 1. The lowest BCUT2D eigenvalue weighted by molar-refractivity contribution is 0.0138. The van der Waals surface area contributed by atoms with Crippen LogP contribution in [0.15, 0.2) is 48.7 Å². The van der Waals surface area contributed by atoms with Gasteiger partial charge in [0.15, 0.2) is 0 Å². The molecular weight excluding hydrogens is 361 g/mol. The zero-order valence-electron chi connectivity index (χ0n) is 15.5. The van der Waals surface area contributed by atoms with Crippen molar-refractivity contribution < 1.29 is 19.0 Å². The second kappa shape index (κ2) is 8.24. The molecule has 4 rings (SSSR count). The molecule has 1 saturated heterocycles. The molecule has 0 spiro atoms. The molecule has 28 heavy (non-hydrogen) atoms. The van der Waals surface area contributed by atoms with Gasteiger partial charge in [0, 0.05) is 18.7 Å². The summed E-state index contributed by atoms with van der Waals surface area (Å²) >= 11 is 0. The fourth-order valence-corrected chi connectivity index (χ4v) is 4.21. The Morgan fingerprint density at radius 1 is 1.21 bits per heavy atom. The van der Waals surface area contributed by atoms with Gasteiger partial charge in [0.05, 0.1) is 12.1 Å². The molecule has 1 aliphatic heterocycles. The predicted octanol–water partition coefficient (Wildman–Crippen LogP) is 2.00. The Bertz CT molecular complexity index is 814. The SMILES string of the molecule is O=C(N[C@@H]1C[C@@H](Oc2cccc(F)c2)[C@H](O)[C@H]1N1CCCC1)c1ccccn1. The minimum absolute atomic E-state index is 0.242. The third kappa shape index (κ3) is 4.00. The zero-order valence-corrected chi connectivity index (χ0v) is 15.5. The highest BCUT2D eigenvalue weighted by atomic mass is 19.1. The van der Waals surface area contributed by atoms with Crippen molar-refractivity contribution in [3.05, 3.63) is 60.2 Å². The van der Waals surface area contributed by atoms with Crippen LogP contribution in [0.1, 0.15) is 29.8 Å². The van der Waals surface area contributed by atoms with Crippen molar-refractivity contribution in [1.82, 2.24) is 15.2 Å². The molecule has 148 valence electrons. The number of carbonyl (C=O) groups is 1. The molecular formula is C21H24FN3O3. The predicted molar refractivity (Wildman–Crippen MR) is 102 cm³/mol. The van der Waals surface area contributed by atoms with Crippen molar-refractivity contribution in [3.63, 3.8) is 0 Å². The summed E-state index contributed by atoms with van der Waals surface area (Å²) in [5.41, 5.74) is 0.340. The van der Waals surface area contributed by atoms with Gasteiger partial charge in [-0.15, -0.1) is 0 Å². The molecule has 0 bridgehead atoms. The van der Waals surface area contributed by atoms with Gasteiger partial charge in [0.25, 0.3) is 5.91 Å². The molecule has 2 heterocycles. The Morgan fingerprint density at radius 3 is 2.75 bits per heavy atom. The minimum atomic E-state index is -0.782. The largest absolute Gasteiger partial charge is 0.487 e. The number of likely N-dealkylation sites (tertiary alicyclic amines) is 1. The van der Waals surface area contributed by atoms with Crippen molar-refractivity contribution >= 4 is 5.91 Å². The zero-order chi connectivity index (χ0) is 19.5. The van der Waals surface area contributed by atoms with E-state index < -0.39 is 12.2 Å². The van der Waals surface area contributed by atoms with Crippen LogP contribution in [0.25, 0.3) is 0 Å². The second-order valence-electron chi connectivity index (χ2n) is 7.37. The second-order valence-corrected chi connectivity index (χ2v) is 7.37. The lowest BCUT2D eigenvalue weighted by atomic mass is 10.1. The van der Waals surface area contributed by atoms with Crippen LogP contribution in [0.3, 0.4) is 0 Å². The molecule has 2 aliphatic rings. The first-order valence-electron chi connectivity index (χ1n) is 9.68. The van der Waals surface area contributed by atoms with E-state index >= 15 is 0 Å². The quantitative estimate of drug-likeness (QED) is 0.824. The van der Waals surface area contributed by atoms with Crippen LogP contribution in [0.4, 0.5) is 4.39 Å². The molecule has 1 aromatic heterocycles. The van der Waals surface area contributed by atoms with Crippen molar-refractivity contribution in [2.45, 2.75) is 43.6 Å². The molecule has 1 aromatic carbocycles. The Kier molecular flexibility index (Phi) is 5.54. The maximum absolute atomic E-state index is 13.5. The lowest BCUT2D eigenvalue weighted by Crippen LogP contribution is -2.52. The summed E-state index contributed by atoms with van der Waals surface area (Å²) in [4.78, 5) is 18.9. The van der Waals surface area contributed by atoms with Crippen LogP contribution in [-0.2, 0) is 0 Å². The Labute approximate surface area is 163 Å². The summed E-state index contributed by atoms with van der Waals surface area (Å²) in [5, 5.41) is 14.0. The molecule has 7 heteroatoms. The van der Waals surface area contributed by atoms with E-state index in [0.29, 0.717) is 17.9 Å². The number of aliphatic hydroxyl groups is 1. The molecule has 6 nitrogen and oxygen atoms in total. The number of pyridine rings is 1. The van der Waals surface area contributed by atoms with Crippen LogP contribution in [0, 0.1) is 5.82 Å². The monoisotopic (exact) mass is 385 g/mol. The summed E-state index contributed by atoms with van der Waals surface area (Å²) in [6, 6.07) is 10.6. The van der Waals surface area contributed by atoms with E-state index in [1.54, 1.807) is 36.5 Å². The van der Waals surface area contributed by atoms with Gasteiger partial charge in [-0.25, -0.2) is 4.39 Å². The van der Waals surface area contributed by atoms with Gasteiger partial charge in [-0.2, -0.15) is 0 Å². The molecule has 2 N–H and O–H groups in total. The van der Waals surface area contributed by atoms with Gasteiger partial charge in [-0.1, -0.05) is 12.1 Å². The molecule has 4 atom stereocenters. The molecule has 1 aliphatic carbocycles. The van der Waals surface area contributed by atoms with Gasteiger partial charge in [0.2, 0.25) is 0 Å². The number of hydrogen-bond acceptors (Lipinski definition) is 5. The summed E-state index contributed by atoms with van der Waals surface area (Å²) < 4.78 is 19.4. The Morgan fingerprint density at radius 2 is 2.04 bits per heavy atom. The first kappa shape index (κ1) is 18.8. The maximum atomic E-state index is 13.5. The average molecular weight is 385 g/mol. The van der Waals surface area contributed by atoms with E-state index in [9.17, 15) is 14.3 Å². The lowest BCUT2D eigenvalue weighted by Gasteiger charge is -2.31. The maximum Gasteiger partial charge on any atom is 0.270 e. The van der Waals surface area contributed by atoms with Gasteiger partial charge < -0.3 is 15.2 Å². The number of halogens is 1. The number of nitrogens with one attached hydrogen (secondary N) is 1. The van der Waals surface area contributed by atoms with Crippen molar-refractivity contribution in [1.29, 1.82) is 0 Å². The first-order chi connectivity index (χ1) is 13.6. The van der Waals surface area contributed by atoms with Gasteiger partial charge >= 0.3 is 0 Å². The van der Waals surface area contributed by atoms with E-state index in [1.165, 1.54) is 12.1 Å². The van der Waals surface area contributed by atoms with Gasteiger partial charge in [-0.3, -0.25) is 14.7 Å². The number of nitrogens with zero attached hydrogens (tertiary/aromatic N) is 2. The number of rotatable bonds is 5. The fraction of sp³-hybridized carbons (Fsp3) is 0.429. The van der Waals surface area contributed by atoms with E-state index in [0.717, 1.165) is 25.9 Å². The van der Waals surface area contributed by atoms with Crippen LogP contribution < -0.4 is 10.1 Å². The number of benzene rings is 1. The summed E-state index contributed by atoms with van der Waals surface area (Å²) in [5.74, 6) is -0.282.